The Morgan fingerprint density at radius 1 is 1.14 bits per heavy atom. The minimum absolute atomic E-state index is 0.0769. The third-order valence-corrected chi connectivity index (χ3v) is 3.92. The second kappa shape index (κ2) is 6.19. The van der Waals surface area contributed by atoms with Crippen molar-refractivity contribution in [3.63, 3.8) is 0 Å². The van der Waals surface area contributed by atoms with Gasteiger partial charge in [0, 0.05) is 18.0 Å². The fraction of sp³-hybridized carbons (Fsp3) is 0.333. The number of para-hydroxylation sites is 1. The van der Waals surface area contributed by atoms with E-state index in [0.29, 0.717) is 12.6 Å². The molecule has 0 saturated carbocycles. The summed E-state index contributed by atoms with van der Waals surface area (Å²) in [6.45, 7) is 2.68. The first-order valence-electron chi connectivity index (χ1n) is 7.47. The minimum atomic E-state index is 0.0769. The largest absolute Gasteiger partial charge is 0.494 e. The fourth-order valence-corrected chi connectivity index (χ4v) is 2.84. The van der Waals surface area contributed by atoms with Crippen LogP contribution in [0.5, 0.6) is 11.5 Å². The molecule has 3 nitrogen and oxygen atoms in total. The van der Waals surface area contributed by atoms with E-state index in [0.717, 1.165) is 17.9 Å². The maximum atomic E-state index is 6.17. The number of nitrogens with one attached hydrogen (secondary N) is 1. The van der Waals surface area contributed by atoms with E-state index in [-0.39, 0.29) is 6.10 Å². The van der Waals surface area contributed by atoms with E-state index in [1.807, 2.05) is 38.2 Å². The SMILES string of the molecule is CCOc1ccc(C2CC(NC)c3ccccc3O2)cc1. The number of fused-ring (bicyclic) bond motifs is 1. The summed E-state index contributed by atoms with van der Waals surface area (Å²) in [4.78, 5) is 0. The Balaban J connectivity index is 1.84. The third kappa shape index (κ3) is 2.88. The monoisotopic (exact) mass is 283 g/mol. The van der Waals surface area contributed by atoms with Gasteiger partial charge in [-0.1, -0.05) is 30.3 Å². The predicted octanol–water partition coefficient (Wildman–Crippen LogP) is 3.87. The van der Waals surface area contributed by atoms with Crippen LogP contribution in [0.15, 0.2) is 48.5 Å². The average Bonchev–Trinajstić information content (AvgIpc) is 2.55. The number of hydrogen-bond donors (Lipinski definition) is 1. The minimum Gasteiger partial charge on any atom is -0.494 e. The maximum Gasteiger partial charge on any atom is 0.126 e. The highest BCUT2D eigenvalue weighted by Gasteiger charge is 2.27. The summed E-state index contributed by atoms with van der Waals surface area (Å²) in [5.41, 5.74) is 2.43. The fourth-order valence-electron chi connectivity index (χ4n) is 2.84. The molecule has 21 heavy (non-hydrogen) atoms. The summed E-state index contributed by atoms with van der Waals surface area (Å²) < 4.78 is 11.7. The van der Waals surface area contributed by atoms with Gasteiger partial charge in [-0.3, -0.25) is 0 Å². The van der Waals surface area contributed by atoms with Crippen LogP contribution >= 0.6 is 0 Å². The van der Waals surface area contributed by atoms with Crippen LogP contribution in [-0.4, -0.2) is 13.7 Å². The van der Waals surface area contributed by atoms with E-state index >= 15 is 0 Å². The highest BCUT2D eigenvalue weighted by molar-refractivity contribution is 5.39. The Labute approximate surface area is 125 Å². The van der Waals surface area contributed by atoms with Crippen molar-refractivity contribution in [1.82, 2.24) is 5.32 Å². The molecule has 1 heterocycles. The molecule has 3 heteroatoms. The molecule has 0 spiro atoms. The second-order valence-electron chi connectivity index (χ2n) is 5.22. The van der Waals surface area contributed by atoms with E-state index in [1.54, 1.807) is 0 Å². The van der Waals surface area contributed by atoms with Crippen molar-refractivity contribution < 1.29 is 9.47 Å². The van der Waals surface area contributed by atoms with E-state index in [1.165, 1.54) is 11.1 Å². The first-order chi connectivity index (χ1) is 10.3. The van der Waals surface area contributed by atoms with E-state index < -0.39 is 0 Å². The van der Waals surface area contributed by atoms with Gasteiger partial charge in [-0.05, 0) is 37.7 Å². The molecule has 1 aliphatic rings. The molecule has 2 aromatic carbocycles. The Morgan fingerprint density at radius 2 is 1.90 bits per heavy atom. The normalized spacial score (nSPS) is 20.5. The van der Waals surface area contributed by atoms with E-state index in [2.05, 4.69) is 29.6 Å². The molecule has 0 bridgehead atoms. The molecular weight excluding hydrogens is 262 g/mol. The second-order valence-corrected chi connectivity index (χ2v) is 5.22. The lowest BCUT2D eigenvalue weighted by molar-refractivity contribution is 0.154. The lowest BCUT2D eigenvalue weighted by atomic mass is 9.93. The van der Waals surface area contributed by atoms with Gasteiger partial charge in [0.2, 0.25) is 0 Å². The van der Waals surface area contributed by atoms with Crippen molar-refractivity contribution in [3.05, 3.63) is 59.7 Å². The zero-order valence-corrected chi connectivity index (χ0v) is 12.5. The van der Waals surface area contributed by atoms with Crippen LogP contribution in [0.2, 0.25) is 0 Å². The number of ether oxygens (including phenoxy) is 2. The van der Waals surface area contributed by atoms with Gasteiger partial charge in [0.15, 0.2) is 0 Å². The summed E-state index contributed by atoms with van der Waals surface area (Å²) >= 11 is 0. The van der Waals surface area contributed by atoms with Crippen LogP contribution in [0.3, 0.4) is 0 Å². The van der Waals surface area contributed by atoms with E-state index in [4.69, 9.17) is 9.47 Å². The molecule has 2 atom stereocenters. The molecule has 3 rings (SSSR count). The standard InChI is InChI=1S/C18H21NO2/c1-3-20-14-10-8-13(9-11-14)18-12-16(19-2)15-6-4-5-7-17(15)21-18/h4-11,16,18-19H,3,12H2,1-2H3. The van der Waals surface area contributed by atoms with E-state index in [9.17, 15) is 0 Å². The number of hydrogen-bond acceptors (Lipinski definition) is 3. The topological polar surface area (TPSA) is 30.5 Å². The number of benzene rings is 2. The van der Waals surface area contributed by atoms with Gasteiger partial charge in [0.25, 0.3) is 0 Å². The molecule has 0 radical (unpaired) electrons. The van der Waals surface area contributed by atoms with Gasteiger partial charge >= 0.3 is 0 Å². The molecule has 2 aromatic rings. The predicted molar refractivity (Wildman–Crippen MR) is 83.8 cm³/mol. The molecule has 1 aliphatic heterocycles. The molecule has 0 saturated heterocycles. The summed E-state index contributed by atoms with van der Waals surface area (Å²) in [5.74, 6) is 1.88. The van der Waals surface area contributed by atoms with Crippen molar-refractivity contribution >= 4 is 0 Å². The smallest absolute Gasteiger partial charge is 0.126 e. The Bertz CT molecular complexity index is 594. The van der Waals surface area contributed by atoms with Crippen LogP contribution in [0.4, 0.5) is 0 Å². The molecule has 0 aromatic heterocycles. The maximum absolute atomic E-state index is 6.17. The van der Waals surface area contributed by atoms with Gasteiger partial charge in [-0.2, -0.15) is 0 Å². The Morgan fingerprint density at radius 3 is 2.62 bits per heavy atom. The van der Waals surface area contributed by atoms with Gasteiger partial charge in [-0.15, -0.1) is 0 Å². The molecule has 0 fully saturated rings. The summed E-state index contributed by atoms with van der Waals surface area (Å²) in [5, 5.41) is 3.39. The Kier molecular flexibility index (Phi) is 4.11. The van der Waals surface area contributed by atoms with Crippen LogP contribution < -0.4 is 14.8 Å². The van der Waals surface area contributed by atoms with Crippen LogP contribution in [-0.2, 0) is 0 Å². The highest BCUT2D eigenvalue weighted by atomic mass is 16.5. The quantitative estimate of drug-likeness (QED) is 0.924. The summed E-state index contributed by atoms with van der Waals surface area (Å²) in [6, 6.07) is 16.8. The molecule has 0 amide bonds. The van der Waals surface area contributed by atoms with Crippen molar-refractivity contribution in [2.75, 3.05) is 13.7 Å². The van der Waals surface area contributed by atoms with Gasteiger partial charge in [-0.25, -0.2) is 0 Å². The van der Waals surface area contributed by atoms with Gasteiger partial charge < -0.3 is 14.8 Å². The van der Waals surface area contributed by atoms with Crippen LogP contribution in [0, 0.1) is 0 Å². The summed E-state index contributed by atoms with van der Waals surface area (Å²) in [7, 11) is 2.00. The zero-order valence-electron chi connectivity index (χ0n) is 12.5. The first-order valence-corrected chi connectivity index (χ1v) is 7.47. The van der Waals surface area contributed by atoms with Crippen molar-refractivity contribution in [2.45, 2.75) is 25.5 Å². The first kappa shape index (κ1) is 14.0. The average molecular weight is 283 g/mol. The third-order valence-electron chi connectivity index (χ3n) is 3.92. The van der Waals surface area contributed by atoms with Gasteiger partial charge in [0.1, 0.15) is 17.6 Å². The molecule has 110 valence electrons. The lowest BCUT2D eigenvalue weighted by Crippen LogP contribution is -2.26. The molecule has 1 N–H and O–H groups in total. The van der Waals surface area contributed by atoms with Crippen LogP contribution in [0.1, 0.15) is 36.6 Å². The number of rotatable bonds is 4. The lowest BCUT2D eigenvalue weighted by Gasteiger charge is -2.32. The van der Waals surface area contributed by atoms with Gasteiger partial charge in [0.05, 0.1) is 6.61 Å². The van der Waals surface area contributed by atoms with Crippen molar-refractivity contribution in [1.29, 1.82) is 0 Å². The molecule has 0 aliphatic carbocycles. The zero-order chi connectivity index (χ0) is 14.7. The highest BCUT2D eigenvalue weighted by Crippen LogP contribution is 2.40. The molecular formula is C18H21NO2. The van der Waals surface area contributed by atoms with Crippen molar-refractivity contribution in [3.8, 4) is 11.5 Å². The Hall–Kier alpha value is -2.00. The van der Waals surface area contributed by atoms with Crippen molar-refractivity contribution in [2.24, 2.45) is 0 Å². The summed E-state index contributed by atoms with van der Waals surface area (Å²) in [6.07, 6.45) is 1.01. The molecule has 2 unspecified atom stereocenters. The van der Waals surface area contributed by atoms with Crippen LogP contribution in [0.25, 0.3) is 0 Å².